The van der Waals surface area contributed by atoms with Crippen molar-refractivity contribution in [1.82, 2.24) is 0 Å². The summed E-state index contributed by atoms with van der Waals surface area (Å²) in [4.78, 5) is 11.2. The highest BCUT2D eigenvalue weighted by molar-refractivity contribution is 5.81. The fourth-order valence-corrected chi connectivity index (χ4v) is 3.21. The monoisotopic (exact) mass is 356 g/mol. The Labute approximate surface area is 155 Å². The van der Waals surface area contributed by atoms with Gasteiger partial charge in [-0.1, -0.05) is 104 Å². The predicted octanol–water partition coefficient (Wildman–Crippen LogP) is 7.52. The highest BCUT2D eigenvalue weighted by atomic mass is 19.1. The van der Waals surface area contributed by atoms with Crippen molar-refractivity contribution in [3.8, 4) is 0 Å². The molecule has 0 heterocycles. The summed E-state index contributed by atoms with van der Waals surface area (Å²) in [7, 11) is 0. The minimum absolute atomic E-state index is 0.163. The van der Waals surface area contributed by atoms with E-state index in [1.807, 2.05) is 0 Å². The Morgan fingerprint density at radius 3 is 1.72 bits per heavy atom. The van der Waals surface area contributed by atoms with E-state index in [1.54, 1.807) is 0 Å². The molecule has 0 amide bonds. The van der Waals surface area contributed by atoms with E-state index in [0.29, 0.717) is 0 Å². The maximum Gasteiger partial charge on any atom is 0.332 e. The van der Waals surface area contributed by atoms with Gasteiger partial charge in [-0.2, -0.15) is 0 Å². The molecular weight excluding hydrogens is 315 g/mol. The van der Waals surface area contributed by atoms with Gasteiger partial charge in [-0.25, -0.2) is 9.18 Å². The van der Waals surface area contributed by atoms with Crippen molar-refractivity contribution in [2.45, 2.75) is 117 Å². The summed E-state index contributed by atoms with van der Waals surface area (Å²) in [5.74, 6) is -0.819. The van der Waals surface area contributed by atoms with E-state index in [0.717, 1.165) is 51.0 Å². The van der Waals surface area contributed by atoms with Gasteiger partial charge >= 0.3 is 5.97 Å². The van der Waals surface area contributed by atoms with Crippen LogP contribution in [0.25, 0.3) is 0 Å². The number of hydrogen-bond donors (Lipinski definition) is 0. The van der Waals surface area contributed by atoms with Gasteiger partial charge in [0.1, 0.15) is 0 Å². The molecule has 0 aliphatic rings. The summed E-state index contributed by atoms with van der Waals surface area (Å²) in [6.07, 6.45) is 17.2. The van der Waals surface area contributed by atoms with Gasteiger partial charge in [-0.05, 0) is 12.8 Å². The number of alkyl halides is 1. The van der Waals surface area contributed by atoms with E-state index in [-0.39, 0.29) is 5.92 Å². The van der Waals surface area contributed by atoms with Gasteiger partial charge in [-0.3, -0.25) is 0 Å². The number of esters is 1. The number of unbranched alkanes of at least 4 members (excludes halogenated alkanes) is 11. The van der Waals surface area contributed by atoms with Gasteiger partial charge < -0.3 is 4.74 Å². The van der Waals surface area contributed by atoms with Gasteiger partial charge in [0.25, 0.3) is 0 Å². The molecule has 0 aromatic heterocycles. The molecule has 0 bridgehead atoms. The first-order valence-electron chi connectivity index (χ1n) is 10.6. The summed E-state index contributed by atoms with van der Waals surface area (Å²) in [5.41, 5.74) is 0. The Morgan fingerprint density at radius 2 is 1.24 bits per heavy atom. The van der Waals surface area contributed by atoms with Gasteiger partial charge in [0.2, 0.25) is 6.36 Å². The molecule has 0 aliphatic carbocycles. The van der Waals surface area contributed by atoms with Crippen LogP contribution in [0, 0.1) is 5.92 Å². The molecule has 2 unspecified atom stereocenters. The van der Waals surface area contributed by atoms with Crippen LogP contribution in [-0.2, 0) is 9.53 Å². The van der Waals surface area contributed by atoms with E-state index < -0.39 is 12.3 Å². The summed E-state index contributed by atoms with van der Waals surface area (Å²) < 4.78 is 19.0. The van der Waals surface area contributed by atoms with E-state index in [4.69, 9.17) is 4.74 Å². The Kier molecular flexibility index (Phi) is 17.3. The average Bonchev–Trinajstić information content (AvgIpc) is 2.61. The number of hydrogen-bond acceptors (Lipinski definition) is 2. The maximum atomic E-state index is 14.2. The van der Waals surface area contributed by atoms with E-state index in [9.17, 15) is 9.18 Å². The second-order valence-corrected chi connectivity index (χ2v) is 7.22. The van der Waals surface area contributed by atoms with E-state index in [2.05, 4.69) is 20.4 Å². The van der Waals surface area contributed by atoms with Crippen molar-refractivity contribution in [1.29, 1.82) is 0 Å². The molecule has 0 fully saturated rings. The zero-order valence-electron chi connectivity index (χ0n) is 16.7. The predicted molar refractivity (Wildman–Crippen MR) is 105 cm³/mol. The number of carbonyl (C=O) groups is 1. The minimum atomic E-state index is -1.49. The summed E-state index contributed by atoms with van der Waals surface area (Å²) in [5, 5.41) is 0. The SMILES string of the molecule is C=CC(=O)OC(F)C(CCCCC)CCCCCCCCCCCC. The first-order valence-corrected chi connectivity index (χ1v) is 10.6. The Bertz CT molecular complexity index is 317. The quantitative estimate of drug-likeness (QED) is 0.144. The lowest BCUT2D eigenvalue weighted by atomic mass is 9.94. The third-order valence-corrected chi connectivity index (χ3v) is 4.87. The lowest BCUT2D eigenvalue weighted by molar-refractivity contribution is -0.157. The highest BCUT2D eigenvalue weighted by Gasteiger charge is 2.23. The van der Waals surface area contributed by atoms with Crippen LogP contribution in [0.15, 0.2) is 12.7 Å². The minimum Gasteiger partial charge on any atom is -0.428 e. The third kappa shape index (κ3) is 15.1. The molecular formula is C22H41FO2. The molecule has 0 rings (SSSR count). The number of halogens is 1. The van der Waals surface area contributed by atoms with Gasteiger partial charge in [0, 0.05) is 12.0 Å². The molecule has 0 saturated carbocycles. The van der Waals surface area contributed by atoms with Gasteiger partial charge in [-0.15, -0.1) is 0 Å². The summed E-state index contributed by atoms with van der Waals surface area (Å²) in [6, 6.07) is 0. The molecule has 2 atom stereocenters. The number of carbonyl (C=O) groups excluding carboxylic acids is 1. The first-order chi connectivity index (χ1) is 12.2. The van der Waals surface area contributed by atoms with Crippen LogP contribution in [0.4, 0.5) is 4.39 Å². The molecule has 0 spiro atoms. The molecule has 0 aliphatic heterocycles. The van der Waals surface area contributed by atoms with Crippen molar-refractivity contribution in [2.75, 3.05) is 0 Å². The Morgan fingerprint density at radius 1 is 0.840 bits per heavy atom. The second kappa shape index (κ2) is 17.9. The standard InChI is InChI=1S/C22H41FO2/c1-4-7-9-10-11-12-13-14-15-17-19-20(18-16-8-5-2)22(23)25-21(24)6-3/h6,20,22H,3-5,7-19H2,1-2H3. The lowest BCUT2D eigenvalue weighted by Crippen LogP contribution is -2.22. The maximum absolute atomic E-state index is 14.2. The van der Waals surface area contributed by atoms with Crippen molar-refractivity contribution in [3.05, 3.63) is 12.7 Å². The van der Waals surface area contributed by atoms with Crippen LogP contribution >= 0.6 is 0 Å². The van der Waals surface area contributed by atoms with Gasteiger partial charge in [0.05, 0.1) is 0 Å². The molecule has 0 N–H and O–H groups in total. The molecule has 0 saturated heterocycles. The van der Waals surface area contributed by atoms with Crippen LogP contribution in [0.5, 0.6) is 0 Å². The smallest absolute Gasteiger partial charge is 0.332 e. The average molecular weight is 357 g/mol. The largest absolute Gasteiger partial charge is 0.428 e. The zero-order chi connectivity index (χ0) is 18.8. The normalized spacial score (nSPS) is 13.4. The highest BCUT2D eigenvalue weighted by Crippen LogP contribution is 2.24. The summed E-state index contributed by atoms with van der Waals surface area (Å²) >= 11 is 0. The third-order valence-electron chi connectivity index (χ3n) is 4.87. The molecule has 25 heavy (non-hydrogen) atoms. The molecule has 2 nitrogen and oxygen atoms in total. The summed E-state index contributed by atoms with van der Waals surface area (Å²) in [6.45, 7) is 7.72. The van der Waals surface area contributed by atoms with Crippen LogP contribution in [0.3, 0.4) is 0 Å². The van der Waals surface area contributed by atoms with Gasteiger partial charge in [0.15, 0.2) is 0 Å². The number of ether oxygens (including phenoxy) is 1. The Balaban J connectivity index is 3.85. The van der Waals surface area contributed by atoms with Crippen LogP contribution in [0.2, 0.25) is 0 Å². The number of rotatable bonds is 18. The van der Waals surface area contributed by atoms with E-state index >= 15 is 0 Å². The Hall–Kier alpha value is -0.860. The fourth-order valence-electron chi connectivity index (χ4n) is 3.21. The van der Waals surface area contributed by atoms with Crippen LogP contribution in [0.1, 0.15) is 110 Å². The molecule has 0 aromatic carbocycles. The van der Waals surface area contributed by atoms with Crippen molar-refractivity contribution < 1.29 is 13.9 Å². The zero-order valence-corrected chi connectivity index (χ0v) is 16.7. The molecule has 0 radical (unpaired) electrons. The topological polar surface area (TPSA) is 26.3 Å². The van der Waals surface area contributed by atoms with Crippen molar-refractivity contribution >= 4 is 5.97 Å². The van der Waals surface area contributed by atoms with Crippen LogP contribution < -0.4 is 0 Å². The molecule has 0 aromatic rings. The molecule has 148 valence electrons. The fraction of sp³-hybridized carbons (Fsp3) is 0.864. The second-order valence-electron chi connectivity index (χ2n) is 7.22. The molecule has 3 heteroatoms. The van der Waals surface area contributed by atoms with Crippen molar-refractivity contribution in [3.63, 3.8) is 0 Å². The van der Waals surface area contributed by atoms with E-state index in [1.165, 1.54) is 51.4 Å². The van der Waals surface area contributed by atoms with Crippen molar-refractivity contribution in [2.24, 2.45) is 5.92 Å². The van der Waals surface area contributed by atoms with Crippen LogP contribution in [-0.4, -0.2) is 12.3 Å². The first kappa shape index (κ1) is 24.1. The lowest BCUT2D eigenvalue weighted by Gasteiger charge is -2.20.